The third kappa shape index (κ3) is 1.99. The fourth-order valence-corrected chi connectivity index (χ4v) is 4.50. The molecule has 3 rings (SSSR count). The molecule has 0 saturated carbocycles. The lowest BCUT2D eigenvalue weighted by atomic mass is 9.83. The van der Waals surface area contributed by atoms with E-state index in [4.69, 9.17) is 0 Å². The van der Waals surface area contributed by atoms with Crippen molar-refractivity contribution in [3.8, 4) is 0 Å². The fourth-order valence-electron chi connectivity index (χ4n) is 3.21. The summed E-state index contributed by atoms with van der Waals surface area (Å²) < 4.78 is 23.1. The summed E-state index contributed by atoms with van der Waals surface area (Å²) in [7, 11) is -0.955. The zero-order valence-corrected chi connectivity index (χ0v) is 12.8. The molecule has 106 valence electrons. The van der Waals surface area contributed by atoms with Gasteiger partial charge in [0.1, 0.15) is 0 Å². The van der Waals surface area contributed by atoms with Crippen LogP contribution >= 0.6 is 0 Å². The molecule has 0 N–H and O–H groups in total. The Kier molecular flexibility index (Phi) is 2.83. The number of likely N-dealkylation sites (N-methyl/N-ethyl adjacent to an activating group) is 1. The number of benzene rings is 1. The number of para-hydroxylation sites is 1. The molecule has 2 aliphatic heterocycles. The third-order valence-corrected chi connectivity index (χ3v) is 5.69. The Morgan fingerprint density at radius 2 is 2.00 bits per heavy atom. The number of hydrogen-bond donors (Lipinski definition) is 0. The highest BCUT2D eigenvalue weighted by molar-refractivity contribution is 7.94. The van der Waals surface area contributed by atoms with Gasteiger partial charge in [-0.2, -0.15) is 0 Å². The van der Waals surface area contributed by atoms with Gasteiger partial charge in [-0.05, 0) is 11.6 Å². The van der Waals surface area contributed by atoms with Crippen LogP contribution in [0.3, 0.4) is 0 Å². The van der Waals surface area contributed by atoms with Crippen molar-refractivity contribution in [2.24, 2.45) is 5.92 Å². The maximum Gasteiger partial charge on any atom is 0.172 e. The number of nitrogens with zero attached hydrogens (tertiary/aromatic N) is 1. The van der Waals surface area contributed by atoms with Crippen molar-refractivity contribution in [3.05, 3.63) is 53.1 Å². The second-order valence-electron chi connectivity index (χ2n) is 6.07. The number of anilines is 1. The molecule has 1 aromatic rings. The van der Waals surface area contributed by atoms with Gasteiger partial charge < -0.3 is 4.90 Å². The normalized spacial score (nSPS) is 28.1. The summed E-state index contributed by atoms with van der Waals surface area (Å²) in [5, 5.41) is 1.34. The quantitative estimate of drug-likeness (QED) is 0.798. The molecule has 0 amide bonds. The van der Waals surface area contributed by atoms with Gasteiger partial charge in [-0.15, -0.1) is 0 Å². The smallest absolute Gasteiger partial charge is 0.172 e. The van der Waals surface area contributed by atoms with E-state index in [0.717, 1.165) is 0 Å². The summed E-state index contributed by atoms with van der Waals surface area (Å²) in [6, 6.07) is 8.35. The molecule has 1 unspecified atom stereocenters. The molecule has 1 atom stereocenters. The average molecular weight is 289 g/mol. The summed E-state index contributed by atoms with van der Waals surface area (Å²) in [5.74, 6) is 0.169. The van der Waals surface area contributed by atoms with E-state index >= 15 is 0 Å². The topological polar surface area (TPSA) is 37.4 Å². The molecule has 0 saturated heterocycles. The van der Waals surface area contributed by atoms with Crippen LogP contribution < -0.4 is 4.90 Å². The molecule has 2 aliphatic rings. The number of rotatable bonds is 1. The van der Waals surface area contributed by atoms with Gasteiger partial charge in [0.15, 0.2) is 9.84 Å². The van der Waals surface area contributed by atoms with Crippen molar-refractivity contribution >= 4 is 15.5 Å². The van der Waals surface area contributed by atoms with Crippen LogP contribution in [0.1, 0.15) is 19.4 Å². The average Bonchev–Trinajstić information content (AvgIpc) is 2.82. The van der Waals surface area contributed by atoms with Crippen LogP contribution in [-0.4, -0.2) is 21.2 Å². The van der Waals surface area contributed by atoms with Gasteiger partial charge in [-0.25, -0.2) is 8.42 Å². The Labute approximate surface area is 120 Å². The lowest BCUT2D eigenvalue weighted by molar-refractivity contribution is 0.601. The standard InChI is InChI=1S/C16H19NO2S/c1-16(2)13-6-4-5-7-14(13)17(3)15(16)10-12-8-9-20(18,19)11-12/h4-10,12H,11H2,1-3H3. The van der Waals surface area contributed by atoms with E-state index in [2.05, 4.69) is 43.0 Å². The molecule has 1 aromatic carbocycles. The maximum absolute atomic E-state index is 11.5. The zero-order valence-electron chi connectivity index (χ0n) is 12.0. The summed E-state index contributed by atoms with van der Waals surface area (Å²) in [4.78, 5) is 2.17. The van der Waals surface area contributed by atoms with Crippen molar-refractivity contribution in [3.63, 3.8) is 0 Å². The van der Waals surface area contributed by atoms with Crippen molar-refractivity contribution < 1.29 is 8.42 Å². The van der Waals surface area contributed by atoms with Crippen LogP contribution in [0.4, 0.5) is 5.69 Å². The summed E-state index contributed by atoms with van der Waals surface area (Å²) >= 11 is 0. The summed E-state index contributed by atoms with van der Waals surface area (Å²) in [6.45, 7) is 4.38. The number of sulfone groups is 1. The monoisotopic (exact) mass is 289 g/mol. The van der Waals surface area contributed by atoms with E-state index in [1.54, 1.807) is 6.08 Å². The van der Waals surface area contributed by atoms with E-state index in [0.29, 0.717) is 0 Å². The minimum atomic E-state index is -3.00. The van der Waals surface area contributed by atoms with Gasteiger partial charge in [0.2, 0.25) is 0 Å². The molecular weight excluding hydrogens is 270 g/mol. The Bertz CT molecular complexity index is 714. The van der Waals surface area contributed by atoms with E-state index < -0.39 is 9.84 Å². The van der Waals surface area contributed by atoms with E-state index in [-0.39, 0.29) is 17.1 Å². The minimum Gasteiger partial charge on any atom is -0.347 e. The van der Waals surface area contributed by atoms with E-state index in [1.807, 2.05) is 13.1 Å². The van der Waals surface area contributed by atoms with Gasteiger partial charge in [0.05, 0.1) is 5.75 Å². The molecule has 0 aliphatic carbocycles. The predicted octanol–water partition coefficient (Wildman–Crippen LogP) is 2.86. The Morgan fingerprint density at radius 1 is 1.30 bits per heavy atom. The largest absolute Gasteiger partial charge is 0.347 e. The van der Waals surface area contributed by atoms with Crippen LogP contribution in [-0.2, 0) is 15.3 Å². The van der Waals surface area contributed by atoms with Gasteiger partial charge in [0.25, 0.3) is 0 Å². The van der Waals surface area contributed by atoms with E-state index in [1.165, 1.54) is 22.4 Å². The minimum absolute atomic E-state index is 0.0222. The highest BCUT2D eigenvalue weighted by Gasteiger charge is 2.38. The first kappa shape index (κ1) is 13.4. The molecule has 3 nitrogen and oxygen atoms in total. The van der Waals surface area contributed by atoms with E-state index in [9.17, 15) is 8.42 Å². The van der Waals surface area contributed by atoms with Gasteiger partial charge >= 0.3 is 0 Å². The second kappa shape index (κ2) is 4.22. The fraction of sp³-hybridized carbons (Fsp3) is 0.375. The molecule has 0 radical (unpaired) electrons. The Balaban J connectivity index is 2.03. The van der Waals surface area contributed by atoms with Crippen molar-refractivity contribution in [1.82, 2.24) is 0 Å². The summed E-state index contributed by atoms with van der Waals surface area (Å²) in [6.07, 6.45) is 3.89. The third-order valence-electron chi connectivity index (χ3n) is 4.27. The van der Waals surface area contributed by atoms with Gasteiger partial charge in [-0.1, -0.05) is 44.2 Å². The lowest BCUT2D eigenvalue weighted by Crippen LogP contribution is -2.24. The highest BCUT2D eigenvalue weighted by Crippen LogP contribution is 2.47. The van der Waals surface area contributed by atoms with Gasteiger partial charge in [-0.3, -0.25) is 0 Å². The van der Waals surface area contributed by atoms with Crippen molar-refractivity contribution in [2.45, 2.75) is 19.3 Å². The van der Waals surface area contributed by atoms with Crippen molar-refractivity contribution in [1.29, 1.82) is 0 Å². The van der Waals surface area contributed by atoms with Crippen LogP contribution in [0, 0.1) is 5.92 Å². The highest BCUT2D eigenvalue weighted by atomic mass is 32.2. The molecule has 20 heavy (non-hydrogen) atoms. The zero-order chi connectivity index (χ0) is 14.5. The Morgan fingerprint density at radius 3 is 2.60 bits per heavy atom. The molecule has 0 fully saturated rings. The molecule has 0 spiro atoms. The molecular formula is C16H19NO2S. The first-order chi connectivity index (χ1) is 9.31. The molecule has 2 heterocycles. The Hall–Kier alpha value is -1.55. The van der Waals surface area contributed by atoms with Gasteiger partial charge in [0, 0.05) is 35.2 Å². The number of allylic oxidation sites excluding steroid dienone is 3. The van der Waals surface area contributed by atoms with Crippen LogP contribution in [0.25, 0.3) is 0 Å². The van der Waals surface area contributed by atoms with Crippen LogP contribution in [0.5, 0.6) is 0 Å². The lowest BCUT2D eigenvalue weighted by Gasteiger charge is -2.25. The SMILES string of the molecule is CN1C(=CC2C=CS(=O)(=O)C2)C(C)(C)c2ccccc21. The molecule has 0 aromatic heterocycles. The molecule has 4 heteroatoms. The predicted molar refractivity (Wildman–Crippen MR) is 82.4 cm³/mol. The molecule has 0 bridgehead atoms. The second-order valence-corrected chi connectivity index (χ2v) is 8.01. The summed E-state index contributed by atoms with van der Waals surface area (Å²) in [5.41, 5.74) is 3.57. The maximum atomic E-state index is 11.5. The van der Waals surface area contributed by atoms with Crippen LogP contribution in [0.15, 0.2) is 47.5 Å². The first-order valence-electron chi connectivity index (χ1n) is 6.78. The van der Waals surface area contributed by atoms with Crippen LogP contribution in [0.2, 0.25) is 0 Å². The number of hydrogen-bond acceptors (Lipinski definition) is 3. The first-order valence-corrected chi connectivity index (χ1v) is 8.49. The van der Waals surface area contributed by atoms with Crippen molar-refractivity contribution in [2.75, 3.05) is 17.7 Å². The number of fused-ring (bicyclic) bond motifs is 1.